The molecule has 2 fully saturated rings. The number of morpholine rings is 1. The summed E-state index contributed by atoms with van der Waals surface area (Å²) in [6, 6.07) is 7.85. The van der Waals surface area contributed by atoms with E-state index in [2.05, 4.69) is 5.32 Å². The number of furan rings is 1. The Hall–Kier alpha value is -2.93. The SMILES string of the molecule is COc1ccc(NC(=O)CN2CCN(C(=O)c3ccco3)CC2)cc1S(=O)(=O)N1CCOCC1. The van der Waals surface area contributed by atoms with Gasteiger partial charge in [0.15, 0.2) is 5.76 Å². The van der Waals surface area contributed by atoms with E-state index in [9.17, 15) is 18.0 Å². The fraction of sp³-hybridized carbons (Fsp3) is 0.455. The number of anilines is 1. The van der Waals surface area contributed by atoms with Crippen molar-refractivity contribution in [2.75, 3.05) is 71.5 Å². The van der Waals surface area contributed by atoms with E-state index in [4.69, 9.17) is 13.9 Å². The number of nitrogens with one attached hydrogen (secondary N) is 1. The van der Waals surface area contributed by atoms with Gasteiger partial charge in [-0.2, -0.15) is 4.31 Å². The van der Waals surface area contributed by atoms with Crippen LogP contribution in [0.25, 0.3) is 0 Å². The molecule has 2 aliphatic rings. The van der Waals surface area contributed by atoms with Crippen LogP contribution in [0, 0.1) is 0 Å². The Bertz CT molecular complexity index is 1110. The summed E-state index contributed by atoms with van der Waals surface area (Å²) in [5.41, 5.74) is 0.365. The number of rotatable bonds is 7. The highest BCUT2D eigenvalue weighted by atomic mass is 32.2. The van der Waals surface area contributed by atoms with E-state index in [1.165, 1.54) is 29.8 Å². The summed E-state index contributed by atoms with van der Waals surface area (Å²) in [5, 5.41) is 2.77. The lowest BCUT2D eigenvalue weighted by molar-refractivity contribution is -0.117. The lowest BCUT2D eigenvalue weighted by Gasteiger charge is -2.33. The minimum Gasteiger partial charge on any atom is -0.495 e. The van der Waals surface area contributed by atoms with Gasteiger partial charge in [-0.3, -0.25) is 14.5 Å². The first-order valence-electron chi connectivity index (χ1n) is 11.0. The molecule has 0 spiro atoms. The van der Waals surface area contributed by atoms with Crippen LogP contribution in [0.4, 0.5) is 5.69 Å². The summed E-state index contributed by atoms with van der Waals surface area (Å²) in [4.78, 5) is 28.7. The molecule has 3 heterocycles. The third kappa shape index (κ3) is 5.41. The Labute approximate surface area is 198 Å². The number of hydrogen-bond donors (Lipinski definition) is 1. The number of ether oxygens (including phenoxy) is 2. The fourth-order valence-corrected chi connectivity index (χ4v) is 5.54. The monoisotopic (exact) mass is 492 g/mol. The van der Waals surface area contributed by atoms with Crippen molar-refractivity contribution in [1.82, 2.24) is 14.1 Å². The van der Waals surface area contributed by atoms with Gasteiger partial charge in [-0.1, -0.05) is 0 Å². The first-order chi connectivity index (χ1) is 16.4. The highest BCUT2D eigenvalue weighted by Crippen LogP contribution is 2.30. The number of sulfonamides is 1. The Kier molecular flexibility index (Phi) is 7.51. The maximum Gasteiger partial charge on any atom is 0.289 e. The van der Waals surface area contributed by atoms with Crippen molar-refractivity contribution in [3.63, 3.8) is 0 Å². The highest BCUT2D eigenvalue weighted by molar-refractivity contribution is 7.89. The van der Waals surface area contributed by atoms with Crippen LogP contribution in [0.2, 0.25) is 0 Å². The number of hydrogen-bond acceptors (Lipinski definition) is 8. The smallest absolute Gasteiger partial charge is 0.289 e. The van der Waals surface area contributed by atoms with Crippen LogP contribution in [0.5, 0.6) is 5.75 Å². The quantitative estimate of drug-likeness (QED) is 0.600. The summed E-state index contributed by atoms with van der Waals surface area (Å²) in [6.45, 7) is 3.36. The third-order valence-electron chi connectivity index (χ3n) is 5.79. The molecule has 1 aromatic heterocycles. The molecule has 0 atom stereocenters. The second-order valence-corrected chi connectivity index (χ2v) is 9.88. The second-order valence-electron chi connectivity index (χ2n) is 7.98. The van der Waals surface area contributed by atoms with Crippen LogP contribution in [0.3, 0.4) is 0 Å². The van der Waals surface area contributed by atoms with Gasteiger partial charge in [0.25, 0.3) is 5.91 Å². The normalized spacial score (nSPS) is 18.0. The molecule has 0 radical (unpaired) electrons. The zero-order chi connectivity index (χ0) is 24.1. The molecule has 1 aromatic carbocycles. The molecule has 2 amide bonds. The van der Waals surface area contributed by atoms with Crippen molar-refractivity contribution < 1.29 is 31.9 Å². The number of carbonyl (C=O) groups excluding carboxylic acids is 2. The molecule has 12 heteroatoms. The van der Waals surface area contributed by atoms with E-state index in [1.807, 2.05) is 4.90 Å². The Balaban J connectivity index is 1.36. The Morgan fingerprint density at radius 2 is 1.79 bits per heavy atom. The molecule has 0 aliphatic carbocycles. The largest absolute Gasteiger partial charge is 0.495 e. The van der Waals surface area contributed by atoms with Gasteiger partial charge in [0.2, 0.25) is 15.9 Å². The predicted octanol–water partition coefficient (Wildman–Crippen LogP) is 0.706. The maximum absolute atomic E-state index is 13.1. The molecule has 2 aliphatic heterocycles. The highest BCUT2D eigenvalue weighted by Gasteiger charge is 2.30. The van der Waals surface area contributed by atoms with Gasteiger partial charge in [0.1, 0.15) is 10.6 Å². The number of carbonyl (C=O) groups is 2. The van der Waals surface area contributed by atoms with Gasteiger partial charge in [-0.25, -0.2) is 8.42 Å². The molecule has 0 bridgehead atoms. The lowest BCUT2D eigenvalue weighted by atomic mass is 10.2. The molecule has 2 aromatic rings. The van der Waals surface area contributed by atoms with Crippen LogP contribution >= 0.6 is 0 Å². The molecule has 184 valence electrons. The topological polar surface area (TPSA) is 122 Å². The lowest BCUT2D eigenvalue weighted by Crippen LogP contribution is -2.50. The predicted molar refractivity (Wildman–Crippen MR) is 122 cm³/mol. The molecule has 4 rings (SSSR count). The molecule has 34 heavy (non-hydrogen) atoms. The van der Waals surface area contributed by atoms with Gasteiger partial charge < -0.3 is 24.1 Å². The third-order valence-corrected chi connectivity index (χ3v) is 7.71. The van der Waals surface area contributed by atoms with E-state index < -0.39 is 10.0 Å². The van der Waals surface area contributed by atoms with Gasteiger partial charge in [-0.15, -0.1) is 0 Å². The van der Waals surface area contributed by atoms with Crippen molar-refractivity contribution in [3.05, 3.63) is 42.4 Å². The molecular weight excluding hydrogens is 464 g/mol. The van der Waals surface area contributed by atoms with Gasteiger partial charge in [0.05, 0.1) is 33.1 Å². The van der Waals surface area contributed by atoms with E-state index in [0.717, 1.165) is 0 Å². The average Bonchev–Trinajstić information content (AvgIpc) is 3.39. The molecule has 11 nitrogen and oxygen atoms in total. The number of nitrogens with zero attached hydrogens (tertiary/aromatic N) is 3. The van der Waals surface area contributed by atoms with Crippen molar-refractivity contribution >= 4 is 27.5 Å². The Morgan fingerprint density at radius 1 is 1.06 bits per heavy atom. The van der Waals surface area contributed by atoms with Crippen LogP contribution in [-0.2, 0) is 19.6 Å². The molecule has 0 unspecified atom stereocenters. The Morgan fingerprint density at radius 3 is 2.44 bits per heavy atom. The summed E-state index contributed by atoms with van der Waals surface area (Å²) in [5.74, 6) is 0.0717. The second kappa shape index (κ2) is 10.6. The minimum absolute atomic E-state index is 0.000229. The van der Waals surface area contributed by atoms with E-state index in [1.54, 1.807) is 23.1 Å². The van der Waals surface area contributed by atoms with Gasteiger partial charge in [0, 0.05) is 45.0 Å². The fourth-order valence-electron chi connectivity index (χ4n) is 3.95. The number of benzene rings is 1. The first-order valence-corrected chi connectivity index (χ1v) is 12.4. The van der Waals surface area contributed by atoms with Crippen molar-refractivity contribution in [3.8, 4) is 5.75 Å². The molecule has 2 saturated heterocycles. The zero-order valence-corrected chi connectivity index (χ0v) is 19.8. The number of piperazine rings is 1. The average molecular weight is 493 g/mol. The summed E-state index contributed by atoms with van der Waals surface area (Å²) in [6.07, 6.45) is 1.46. The maximum atomic E-state index is 13.1. The van der Waals surface area contributed by atoms with Crippen molar-refractivity contribution in [2.45, 2.75) is 4.90 Å². The van der Waals surface area contributed by atoms with Crippen LogP contribution in [0.15, 0.2) is 45.9 Å². The van der Waals surface area contributed by atoms with E-state index in [0.29, 0.717) is 50.8 Å². The van der Waals surface area contributed by atoms with E-state index >= 15 is 0 Å². The molecule has 1 N–H and O–H groups in total. The standard InChI is InChI=1S/C22H28N4O7S/c1-31-18-5-4-17(15-20(18)34(29,30)26-10-13-32-14-11-26)23-21(27)16-24-6-8-25(9-7-24)22(28)19-3-2-12-33-19/h2-5,12,15H,6-11,13-14,16H2,1H3,(H,23,27). The van der Waals surface area contributed by atoms with Gasteiger partial charge >= 0.3 is 0 Å². The van der Waals surface area contributed by atoms with Crippen LogP contribution in [0.1, 0.15) is 10.6 Å². The van der Waals surface area contributed by atoms with E-state index in [-0.39, 0.29) is 42.1 Å². The summed E-state index contributed by atoms with van der Waals surface area (Å²) >= 11 is 0. The first kappa shape index (κ1) is 24.2. The number of amides is 2. The van der Waals surface area contributed by atoms with Gasteiger partial charge in [-0.05, 0) is 30.3 Å². The van der Waals surface area contributed by atoms with Crippen molar-refractivity contribution in [2.24, 2.45) is 0 Å². The zero-order valence-electron chi connectivity index (χ0n) is 18.9. The van der Waals surface area contributed by atoms with Crippen molar-refractivity contribution in [1.29, 1.82) is 0 Å². The molecule has 0 saturated carbocycles. The number of methoxy groups -OCH3 is 1. The minimum atomic E-state index is -3.80. The summed E-state index contributed by atoms with van der Waals surface area (Å²) in [7, 11) is -2.40. The van der Waals surface area contributed by atoms with Crippen LogP contribution < -0.4 is 10.1 Å². The molecular formula is C22H28N4O7S. The summed E-state index contributed by atoms with van der Waals surface area (Å²) < 4.78 is 43.3. The van der Waals surface area contributed by atoms with Crippen LogP contribution in [-0.4, -0.2) is 100 Å².